The number of hydrogen-bond donors (Lipinski definition) is 2. The Morgan fingerprint density at radius 1 is 1.12 bits per heavy atom. The van der Waals surface area contributed by atoms with Gasteiger partial charge in [0.05, 0.1) is 22.0 Å². The van der Waals surface area contributed by atoms with Gasteiger partial charge >= 0.3 is 11.9 Å². The number of ether oxygens (including phenoxy) is 2. The minimum Gasteiger partial charge on any atom is -0.463 e. The lowest BCUT2D eigenvalue weighted by molar-refractivity contribution is -0.384. The molecule has 0 aromatic heterocycles. The number of hydrazine groups is 1. The largest absolute Gasteiger partial charge is 0.463 e. The number of aryl methyl sites for hydroxylation is 1. The molecule has 1 atom stereocenters. The Labute approximate surface area is 190 Å². The number of nitro benzene ring substituents is 1. The first-order chi connectivity index (χ1) is 15.6. The van der Waals surface area contributed by atoms with Crippen LogP contribution in [0.15, 0.2) is 65.6 Å². The molecule has 33 heavy (non-hydrogen) atoms. The molecule has 176 valence electrons. The molecule has 1 unspecified atom stereocenters. The molecule has 2 N–H and O–H groups in total. The van der Waals surface area contributed by atoms with E-state index < -0.39 is 39.5 Å². The van der Waals surface area contributed by atoms with E-state index in [4.69, 9.17) is 9.47 Å². The quantitative estimate of drug-likeness (QED) is 0.214. The minimum atomic E-state index is -4.07. The van der Waals surface area contributed by atoms with Crippen molar-refractivity contribution < 1.29 is 32.4 Å². The van der Waals surface area contributed by atoms with Crippen molar-refractivity contribution in [3.8, 4) is 0 Å². The van der Waals surface area contributed by atoms with Crippen molar-refractivity contribution in [3.05, 3.63) is 81.9 Å². The summed E-state index contributed by atoms with van der Waals surface area (Å²) in [6.07, 6.45) is 0. The Hall–Kier alpha value is -3.61. The Kier molecular flexibility index (Phi) is 8.79. The van der Waals surface area contributed by atoms with Gasteiger partial charge in [-0.15, -0.1) is 4.83 Å². The van der Waals surface area contributed by atoms with Gasteiger partial charge in [0.1, 0.15) is 12.6 Å². The molecule has 0 heterocycles. The van der Waals surface area contributed by atoms with E-state index in [1.165, 1.54) is 18.2 Å². The lowest BCUT2D eigenvalue weighted by Gasteiger charge is -2.19. The fourth-order valence-corrected chi connectivity index (χ4v) is 3.78. The first kappa shape index (κ1) is 25.6. The summed E-state index contributed by atoms with van der Waals surface area (Å²) >= 11 is 0. The second-order valence-electron chi connectivity index (χ2n) is 6.73. The molecular weight excluding hydrogens is 454 g/mol. The molecule has 2 rings (SSSR count). The molecule has 0 aliphatic heterocycles. The van der Waals surface area contributed by atoms with Crippen LogP contribution in [0.25, 0.3) is 0 Å². The highest BCUT2D eigenvalue weighted by molar-refractivity contribution is 7.89. The third-order valence-electron chi connectivity index (χ3n) is 4.35. The number of carbonyl (C=O) groups is 2. The number of rotatable bonds is 11. The van der Waals surface area contributed by atoms with Gasteiger partial charge in [-0.3, -0.25) is 10.1 Å². The number of non-ortho nitro benzene ring substituents is 1. The Balaban J connectivity index is 2.24. The molecular formula is C21H23N3O8S. The van der Waals surface area contributed by atoms with Gasteiger partial charge in [0.2, 0.25) is 0 Å². The maximum Gasteiger partial charge on any atom is 0.336 e. The van der Waals surface area contributed by atoms with Gasteiger partial charge in [-0.2, -0.15) is 0 Å². The van der Waals surface area contributed by atoms with Crippen LogP contribution in [0.5, 0.6) is 0 Å². The molecule has 0 amide bonds. The zero-order chi connectivity index (χ0) is 24.6. The van der Waals surface area contributed by atoms with Gasteiger partial charge in [-0.1, -0.05) is 24.8 Å². The summed E-state index contributed by atoms with van der Waals surface area (Å²) in [4.78, 5) is 36.8. The van der Waals surface area contributed by atoms with Crippen molar-refractivity contribution >= 4 is 27.6 Å². The standard InChI is InChI=1S/C21H23N3O8S/c1-4-31-20(25)15(3)13-32-21(26)19(16-9-11-17(12-10-16)24(27)28)22-23-33(29,30)18-8-6-5-7-14(18)2/h5-12,19,22-23H,3-4,13H2,1-2H3. The monoisotopic (exact) mass is 477 g/mol. The summed E-state index contributed by atoms with van der Waals surface area (Å²) in [7, 11) is -4.07. The summed E-state index contributed by atoms with van der Waals surface area (Å²) in [5, 5.41) is 10.9. The summed E-state index contributed by atoms with van der Waals surface area (Å²) in [5.41, 5.74) is 2.72. The summed E-state index contributed by atoms with van der Waals surface area (Å²) in [5.74, 6) is -1.70. The SMILES string of the molecule is C=C(COC(=O)C(NNS(=O)(=O)c1ccccc1C)c1ccc([N+](=O)[O-])cc1)C(=O)OCC. The molecule has 11 nitrogen and oxygen atoms in total. The number of benzene rings is 2. The van der Waals surface area contributed by atoms with Crippen LogP contribution in [0, 0.1) is 17.0 Å². The van der Waals surface area contributed by atoms with Gasteiger partial charge < -0.3 is 9.47 Å². The molecule has 0 aliphatic rings. The number of hydrogen-bond acceptors (Lipinski definition) is 9. The second-order valence-corrected chi connectivity index (χ2v) is 8.38. The fourth-order valence-electron chi connectivity index (χ4n) is 2.65. The van der Waals surface area contributed by atoms with E-state index >= 15 is 0 Å². The highest BCUT2D eigenvalue weighted by Crippen LogP contribution is 2.20. The molecule has 2 aromatic carbocycles. The normalized spacial score (nSPS) is 11.9. The van der Waals surface area contributed by atoms with Crippen molar-refractivity contribution in [3.63, 3.8) is 0 Å². The van der Waals surface area contributed by atoms with E-state index in [2.05, 4.69) is 16.8 Å². The average Bonchev–Trinajstić information content (AvgIpc) is 2.78. The molecule has 2 aromatic rings. The van der Waals surface area contributed by atoms with Gasteiger partial charge in [0.15, 0.2) is 0 Å². The van der Waals surface area contributed by atoms with Crippen LogP contribution in [0.1, 0.15) is 24.1 Å². The summed E-state index contributed by atoms with van der Waals surface area (Å²) in [6, 6.07) is 9.70. The molecule has 0 radical (unpaired) electrons. The van der Waals surface area contributed by atoms with Crippen LogP contribution in [0.2, 0.25) is 0 Å². The predicted molar refractivity (Wildman–Crippen MR) is 117 cm³/mol. The average molecular weight is 477 g/mol. The fraction of sp³-hybridized carbons (Fsp3) is 0.238. The maximum atomic E-state index is 12.7. The summed E-state index contributed by atoms with van der Waals surface area (Å²) < 4.78 is 35.2. The lowest BCUT2D eigenvalue weighted by Crippen LogP contribution is -2.43. The first-order valence-electron chi connectivity index (χ1n) is 9.65. The Morgan fingerprint density at radius 2 is 1.76 bits per heavy atom. The topological polar surface area (TPSA) is 154 Å². The van der Waals surface area contributed by atoms with Crippen LogP contribution >= 0.6 is 0 Å². The van der Waals surface area contributed by atoms with Gasteiger partial charge in [-0.05, 0) is 43.2 Å². The summed E-state index contributed by atoms with van der Waals surface area (Å²) in [6.45, 7) is 6.31. The van der Waals surface area contributed by atoms with Crippen molar-refractivity contribution in [1.82, 2.24) is 10.3 Å². The third-order valence-corrected chi connectivity index (χ3v) is 5.77. The Morgan fingerprint density at radius 3 is 2.33 bits per heavy atom. The minimum absolute atomic E-state index is 0.0102. The zero-order valence-corrected chi connectivity index (χ0v) is 18.8. The highest BCUT2D eigenvalue weighted by Gasteiger charge is 2.26. The molecule has 0 fully saturated rings. The van der Waals surface area contributed by atoms with E-state index in [1.807, 2.05) is 0 Å². The smallest absolute Gasteiger partial charge is 0.336 e. The molecule has 0 aliphatic carbocycles. The van der Waals surface area contributed by atoms with Crippen molar-refractivity contribution in [2.75, 3.05) is 13.2 Å². The van der Waals surface area contributed by atoms with Gasteiger partial charge in [-0.25, -0.2) is 23.4 Å². The number of nitrogens with one attached hydrogen (secondary N) is 2. The molecule has 0 saturated carbocycles. The van der Waals surface area contributed by atoms with Crippen LogP contribution in [-0.4, -0.2) is 38.5 Å². The number of carbonyl (C=O) groups excluding carboxylic acids is 2. The van der Waals surface area contributed by atoms with Gasteiger partial charge in [0, 0.05) is 12.1 Å². The van der Waals surface area contributed by atoms with Crippen LogP contribution in [-0.2, 0) is 29.1 Å². The molecule has 0 spiro atoms. The van der Waals surface area contributed by atoms with E-state index in [-0.39, 0.29) is 28.3 Å². The molecule has 0 saturated heterocycles. The van der Waals surface area contributed by atoms with Crippen LogP contribution in [0.3, 0.4) is 0 Å². The van der Waals surface area contributed by atoms with Crippen molar-refractivity contribution in [2.24, 2.45) is 0 Å². The van der Waals surface area contributed by atoms with Gasteiger partial charge in [0.25, 0.3) is 15.7 Å². The first-order valence-corrected chi connectivity index (χ1v) is 11.1. The highest BCUT2D eigenvalue weighted by atomic mass is 32.2. The van der Waals surface area contributed by atoms with E-state index in [9.17, 15) is 28.1 Å². The van der Waals surface area contributed by atoms with E-state index in [0.29, 0.717) is 5.56 Å². The van der Waals surface area contributed by atoms with E-state index in [1.54, 1.807) is 32.0 Å². The molecule has 12 heteroatoms. The van der Waals surface area contributed by atoms with Crippen molar-refractivity contribution in [1.29, 1.82) is 0 Å². The molecule has 0 bridgehead atoms. The van der Waals surface area contributed by atoms with Crippen LogP contribution in [0.4, 0.5) is 5.69 Å². The predicted octanol–water partition coefficient (Wildman–Crippen LogP) is 2.09. The second kappa shape index (κ2) is 11.3. The van der Waals surface area contributed by atoms with Crippen LogP contribution < -0.4 is 10.3 Å². The van der Waals surface area contributed by atoms with Crippen molar-refractivity contribution in [2.45, 2.75) is 24.8 Å². The lowest BCUT2D eigenvalue weighted by atomic mass is 10.1. The number of nitro groups is 1. The zero-order valence-electron chi connectivity index (χ0n) is 17.9. The Bertz CT molecular complexity index is 1150. The third kappa shape index (κ3) is 6.94. The maximum absolute atomic E-state index is 12.7. The number of nitrogens with zero attached hydrogens (tertiary/aromatic N) is 1. The van der Waals surface area contributed by atoms with E-state index in [0.717, 1.165) is 12.1 Å². The number of sulfonamides is 1. The number of esters is 2.